The highest BCUT2D eigenvalue weighted by atomic mass is 16.7. The van der Waals surface area contributed by atoms with E-state index in [1.807, 2.05) is 6.92 Å². The van der Waals surface area contributed by atoms with Crippen LogP contribution in [0.15, 0.2) is 0 Å². The SMILES string of the molecule is CC1(CCO)CCOB(O)O1. The Morgan fingerprint density at radius 2 is 2.36 bits per heavy atom. The number of aliphatic hydroxyl groups is 1. The first kappa shape index (κ1) is 9.00. The van der Waals surface area contributed by atoms with Gasteiger partial charge in [0.15, 0.2) is 0 Å². The van der Waals surface area contributed by atoms with Crippen molar-refractivity contribution in [3.63, 3.8) is 0 Å². The molecule has 0 saturated carbocycles. The molecule has 0 radical (unpaired) electrons. The van der Waals surface area contributed by atoms with Crippen molar-refractivity contribution in [3.8, 4) is 0 Å². The Bertz CT molecular complexity index is 128. The molecule has 1 fully saturated rings. The Kier molecular flexibility index (Phi) is 2.89. The van der Waals surface area contributed by atoms with Crippen LogP contribution in [-0.2, 0) is 9.31 Å². The molecule has 1 unspecified atom stereocenters. The van der Waals surface area contributed by atoms with Crippen LogP contribution in [0.25, 0.3) is 0 Å². The van der Waals surface area contributed by atoms with Gasteiger partial charge in [-0.3, -0.25) is 0 Å². The first-order valence-corrected chi connectivity index (χ1v) is 3.75. The molecule has 1 rings (SSSR count). The highest BCUT2D eigenvalue weighted by molar-refractivity contribution is 6.34. The van der Waals surface area contributed by atoms with Crippen LogP contribution in [-0.4, -0.2) is 36.3 Å². The number of hydrogen-bond acceptors (Lipinski definition) is 4. The molecule has 2 N–H and O–H groups in total. The van der Waals surface area contributed by atoms with Crippen molar-refractivity contribution < 1.29 is 19.4 Å². The van der Waals surface area contributed by atoms with E-state index in [4.69, 9.17) is 19.4 Å². The molecular weight excluding hydrogens is 147 g/mol. The van der Waals surface area contributed by atoms with Gasteiger partial charge in [0.25, 0.3) is 0 Å². The van der Waals surface area contributed by atoms with E-state index in [0.717, 1.165) is 0 Å². The quantitative estimate of drug-likeness (QED) is 0.536. The monoisotopic (exact) mass is 160 g/mol. The fourth-order valence-corrected chi connectivity index (χ4v) is 1.13. The summed E-state index contributed by atoms with van der Waals surface area (Å²) >= 11 is 0. The van der Waals surface area contributed by atoms with E-state index < -0.39 is 12.9 Å². The summed E-state index contributed by atoms with van der Waals surface area (Å²) in [6.45, 7) is 2.41. The summed E-state index contributed by atoms with van der Waals surface area (Å²) in [5.41, 5.74) is -0.424. The van der Waals surface area contributed by atoms with Crippen LogP contribution in [0.3, 0.4) is 0 Å². The van der Waals surface area contributed by atoms with Crippen molar-refractivity contribution >= 4 is 7.32 Å². The van der Waals surface area contributed by atoms with Crippen molar-refractivity contribution in [2.24, 2.45) is 0 Å². The molecule has 64 valence electrons. The van der Waals surface area contributed by atoms with Crippen LogP contribution >= 0.6 is 0 Å². The van der Waals surface area contributed by atoms with Gasteiger partial charge >= 0.3 is 7.32 Å². The summed E-state index contributed by atoms with van der Waals surface area (Å²) < 4.78 is 9.86. The maximum Gasteiger partial charge on any atom is 0.637 e. The molecule has 1 heterocycles. The zero-order valence-corrected chi connectivity index (χ0v) is 6.62. The van der Waals surface area contributed by atoms with E-state index in [2.05, 4.69) is 0 Å². The minimum Gasteiger partial charge on any atom is -0.402 e. The topological polar surface area (TPSA) is 58.9 Å². The predicted octanol–water partition coefficient (Wildman–Crippen LogP) is -0.458. The molecule has 0 aromatic heterocycles. The number of aliphatic hydroxyl groups excluding tert-OH is 1. The predicted molar refractivity (Wildman–Crippen MR) is 39.7 cm³/mol. The van der Waals surface area contributed by atoms with E-state index in [9.17, 15) is 0 Å². The van der Waals surface area contributed by atoms with Crippen LogP contribution in [0.5, 0.6) is 0 Å². The van der Waals surface area contributed by atoms with Crippen molar-refractivity contribution in [1.82, 2.24) is 0 Å². The average Bonchev–Trinajstić information content (AvgIpc) is 1.86. The maximum absolute atomic E-state index is 8.95. The lowest BCUT2D eigenvalue weighted by molar-refractivity contribution is -0.0498. The van der Waals surface area contributed by atoms with Crippen LogP contribution in [0.2, 0.25) is 0 Å². The average molecular weight is 160 g/mol. The van der Waals surface area contributed by atoms with Gasteiger partial charge in [0, 0.05) is 13.2 Å². The summed E-state index contributed by atoms with van der Waals surface area (Å²) in [6.07, 6.45) is 1.25. The van der Waals surface area contributed by atoms with Gasteiger partial charge < -0.3 is 19.4 Å². The van der Waals surface area contributed by atoms with Crippen LogP contribution in [0.1, 0.15) is 19.8 Å². The van der Waals surface area contributed by atoms with Gasteiger partial charge in [-0.2, -0.15) is 0 Å². The van der Waals surface area contributed by atoms with E-state index in [1.165, 1.54) is 0 Å². The third kappa shape index (κ3) is 2.45. The Morgan fingerprint density at radius 1 is 1.64 bits per heavy atom. The minimum atomic E-state index is -1.12. The maximum atomic E-state index is 8.95. The minimum absolute atomic E-state index is 0.0726. The highest BCUT2D eigenvalue weighted by Gasteiger charge is 2.35. The first-order valence-electron chi connectivity index (χ1n) is 3.75. The normalized spacial score (nSPS) is 32.5. The van der Waals surface area contributed by atoms with E-state index in [0.29, 0.717) is 19.4 Å². The second-order valence-electron chi connectivity index (χ2n) is 2.97. The molecule has 0 amide bonds. The molecule has 1 atom stereocenters. The van der Waals surface area contributed by atoms with E-state index in [1.54, 1.807) is 0 Å². The summed E-state index contributed by atoms with van der Waals surface area (Å²) in [7, 11) is -1.12. The Hall–Kier alpha value is -0.0951. The smallest absolute Gasteiger partial charge is 0.402 e. The van der Waals surface area contributed by atoms with Gasteiger partial charge in [0.05, 0.1) is 5.60 Å². The van der Waals surface area contributed by atoms with Crippen molar-refractivity contribution in [3.05, 3.63) is 0 Å². The van der Waals surface area contributed by atoms with Crippen molar-refractivity contribution in [1.29, 1.82) is 0 Å². The van der Waals surface area contributed by atoms with Crippen LogP contribution in [0.4, 0.5) is 0 Å². The van der Waals surface area contributed by atoms with Crippen molar-refractivity contribution in [2.75, 3.05) is 13.2 Å². The Labute approximate surface area is 66.3 Å². The summed E-state index contributed by atoms with van der Waals surface area (Å²) in [5.74, 6) is 0. The van der Waals surface area contributed by atoms with Crippen molar-refractivity contribution in [2.45, 2.75) is 25.4 Å². The van der Waals surface area contributed by atoms with Gasteiger partial charge in [0.1, 0.15) is 0 Å². The Morgan fingerprint density at radius 3 is 2.91 bits per heavy atom. The van der Waals surface area contributed by atoms with Crippen LogP contribution in [0, 0.1) is 0 Å². The first-order chi connectivity index (χ1) is 5.16. The molecule has 0 aliphatic carbocycles. The zero-order valence-electron chi connectivity index (χ0n) is 6.62. The van der Waals surface area contributed by atoms with E-state index in [-0.39, 0.29) is 6.61 Å². The molecule has 0 aromatic rings. The summed E-state index contributed by atoms with van der Waals surface area (Å²) in [5, 5.41) is 17.6. The van der Waals surface area contributed by atoms with E-state index >= 15 is 0 Å². The molecule has 5 heteroatoms. The molecule has 0 aromatic carbocycles. The molecule has 0 spiro atoms. The lowest BCUT2D eigenvalue weighted by atomic mass is 9.94. The molecule has 1 aliphatic rings. The fourth-order valence-electron chi connectivity index (χ4n) is 1.13. The molecule has 1 saturated heterocycles. The third-order valence-corrected chi connectivity index (χ3v) is 1.92. The van der Waals surface area contributed by atoms with Gasteiger partial charge in [-0.1, -0.05) is 0 Å². The zero-order chi connectivity index (χ0) is 8.32. The second-order valence-corrected chi connectivity index (χ2v) is 2.97. The molecule has 1 aliphatic heterocycles. The van der Waals surface area contributed by atoms with Gasteiger partial charge in [-0.15, -0.1) is 0 Å². The summed E-state index contributed by atoms with van der Waals surface area (Å²) in [6, 6.07) is 0. The molecular formula is C6H13BO4. The number of rotatable bonds is 2. The number of hydrogen-bond donors (Lipinski definition) is 2. The largest absolute Gasteiger partial charge is 0.637 e. The second kappa shape index (κ2) is 3.54. The molecule has 0 bridgehead atoms. The summed E-state index contributed by atoms with van der Waals surface area (Å²) in [4.78, 5) is 0. The standard InChI is InChI=1S/C6H13BO4/c1-6(2-4-8)3-5-10-7(9)11-6/h8-9H,2-5H2,1H3. The highest BCUT2D eigenvalue weighted by Crippen LogP contribution is 2.24. The van der Waals surface area contributed by atoms with Crippen LogP contribution < -0.4 is 0 Å². The lowest BCUT2D eigenvalue weighted by Crippen LogP contribution is -2.44. The Balaban J connectivity index is 2.41. The molecule has 4 nitrogen and oxygen atoms in total. The van der Waals surface area contributed by atoms with Gasteiger partial charge in [-0.05, 0) is 19.8 Å². The third-order valence-electron chi connectivity index (χ3n) is 1.92. The van der Waals surface area contributed by atoms with Gasteiger partial charge in [-0.25, -0.2) is 0 Å². The lowest BCUT2D eigenvalue weighted by Gasteiger charge is -2.34. The molecule has 11 heavy (non-hydrogen) atoms. The van der Waals surface area contributed by atoms with Gasteiger partial charge in [0.2, 0.25) is 0 Å². The fraction of sp³-hybridized carbons (Fsp3) is 1.00.